The highest BCUT2D eigenvalue weighted by atomic mass is 35.5. The lowest BCUT2D eigenvalue weighted by atomic mass is 10.0. The number of hydrogen-bond donors (Lipinski definition) is 1. The highest BCUT2D eigenvalue weighted by molar-refractivity contribution is 7.16. The van der Waals surface area contributed by atoms with Crippen LogP contribution in [0.1, 0.15) is 27.6 Å². The first kappa shape index (κ1) is 12.6. The molecule has 1 aromatic carbocycles. The van der Waals surface area contributed by atoms with E-state index in [0.29, 0.717) is 0 Å². The van der Waals surface area contributed by atoms with Crippen molar-refractivity contribution in [2.75, 3.05) is 0 Å². The zero-order valence-corrected chi connectivity index (χ0v) is 11.2. The molecule has 0 radical (unpaired) electrons. The molecule has 1 nitrogen and oxygen atoms in total. The summed E-state index contributed by atoms with van der Waals surface area (Å²) in [5.74, 6) is -0.237. The Morgan fingerprint density at radius 1 is 1.24 bits per heavy atom. The largest absolute Gasteiger partial charge is 0.320 e. The Morgan fingerprint density at radius 2 is 1.94 bits per heavy atom. The van der Waals surface area contributed by atoms with Gasteiger partial charge in [-0.3, -0.25) is 0 Å². The van der Waals surface area contributed by atoms with Gasteiger partial charge in [-0.1, -0.05) is 17.7 Å². The quantitative estimate of drug-likeness (QED) is 0.869. The fraction of sp³-hybridized carbons (Fsp3) is 0.231. The minimum Gasteiger partial charge on any atom is -0.320 e. The average molecular weight is 270 g/mol. The normalized spacial score (nSPS) is 12.8. The third-order valence-electron chi connectivity index (χ3n) is 2.75. The van der Waals surface area contributed by atoms with Gasteiger partial charge in [0, 0.05) is 4.88 Å². The summed E-state index contributed by atoms with van der Waals surface area (Å²) >= 11 is 7.51. The number of nitrogens with two attached hydrogens (primary N) is 1. The van der Waals surface area contributed by atoms with Crippen LogP contribution in [0.2, 0.25) is 4.34 Å². The molecule has 2 rings (SSSR count). The van der Waals surface area contributed by atoms with Crippen molar-refractivity contribution >= 4 is 22.9 Å². The maximum absolute atomic E-state index is 13.0. The molecule has 0 spiro atoms. The van der Waals surface area contributed by atoms with Crippen LogP contribution in [0.15, 0.2) is 24.3 Å². The molecule has 4 heteroatoms. The Kier molecular flexibility index (Phi) is 3.52. The minimum atomic E-state index is -0.244. The molecule has 1 unspecified atom stereocenters. The molecule has 1 atom stereocenters. The third kappa shape index (κ3) is 2.51. The van der Waals surface area contributed by atoms with Crippen LogP contribution in [0.25, 0.3) is 0 Å². The number of benzene rings is 1. The molecule has 2 N–H and O–H groups in total. The number of thiophene rings is 1. The molecule has 90 valence electrons. The number of halogens is 2. The maximum atomic E-state index is 13.0. The first-order valence-corrected chi connectivity index (χ1v) is 6.46. The lowest BCUT2D eigenvalue weighted by molar-refractivity contribution is 0.625. The van der Waals surface area contributed by atoms with E-state index in [-0.39, 0.29) is 11.9 Å². The molecule has 0 fully saturated rings. The second-order valence-electron chi connectivity index (χ2n) is 4.08. The molecule has 0 saturated carbocycles. The predicted octanol–water partition coefficient (Wildman–Crippen LogP) is 4.21. The van der Waals surface area contributed by atoms with Gasteiger partial charge in [0.25, 0.3) is 0 Å². The number of rotatable bonds is 2. The van der Waals surface area contributed by atoms with E-state index < -0.39 is 0 Å². The van der Waals surface area contributed by atoms with Crippen molar-refractivity contribution in [1.82, 2.24) is 0 Å². The second-order valence-corrected chi connectivity index (χ2v) is 5.77. The molecule has 0 aliphatic heterocycles. The van der Waals surface area contributed by atoms with Crippen LogP contribution >= 0.6 is 22.9 Å². The van der Waals surface area contributed by atoms with Gasteiger partial charge in [0.1, 0.15) is 5.82 Å². The molecular weight excluding hydrogens is 257 g/mol. The van der Waals surface area contributed by atoms with Crippen LogP contribution in [0, 0.1) is 19.7 Å². The number of aryl methyl sites for hydroxylation is 2. The fourth-order valence-corrected chi connectivity index (χ4v) is 3.02. The van der Waals surface area contributed by atoms with Gasteiger partial charge in [0.05, 0.1) is 10.4 Å². The van der Waals surface area contributed by atoms with Gasteiger partial charge >= 0.3 is 0 Å². The SMILES string of the molecule is Cc1cc(F)ccc1C(N)c1cc(C)c(Cl)s1. The van der Waals surface area contributed by atoms with Crippen molar-refractivity contribution in [2.24, 2.45) is 5.73 Å². The topological polar surface area (TPSA) is 26.0 Å². The lowest BCUT2D eigenvalue weighted by Crippen LogP contribution is -2.11. The Morgan fingerprint density at radius 3 is 2.47 bits per heavy atom. The molecule has 0 aliphatic carbocycles. The summed E-state index contributed by atoms with van der Waals surface area (Å²) in [5.41, 5.74) is 9.00. The van der Waals surface area contributed by atoms with Gasteiger partial charge < -0.3 is 5.73 Å². The van der Waals surface area contributed by atoms with Crippen molar-refractivity contribution in [3.63, 3.8) is 0 Å². The number of hydrogen-bond acceptors (Lipinski definition) is 2. The first-order chi connectivity index (χ1) is 7.99. The van der Waals surface area contributed by atoms with Gasteiger partial charge in [-0.15, -0.1) is 11.3 Å². The summed E-state index contributed by atoms with van der Waals surface area (Å²) in [4.78, 5) is 1.00. The van der Waals surface area contributed by atoms with Crippen LogP contribution in [-0.4, -0.2) is 0 Å². The summed E-state index contributed by atoms with van der Waals surface area (Å²) in [5, 5.41) is 0. The van der Waals surface area contributed by atoms with E-state index >= 15 is 0 Å². The van der Waals surface area contributed by atoms with Crippen molar-refractivity contribution in [1.29, 1.82) is 0 Å². The summed E-state index contributed by atoms with van der Waals surface area (Å²) < 4.78 is 13.8. The molecule has 0 aliphatic rings. The summed E-state index contributed by atoms with van der Waals surface area (Å²) in [6, 6.07) is 6.41. The highest BCUT2D eigenvalue weighted by Crippen LogP contribution is 2.33. The highest BCUT2D eigenvalue weighted by Gasteiger charge is 2.15. The van der Waals surface area contributed by atoms with Crippen molar-refractivity contribution < 1.29 is 4.39 Å². The Labute approximate surface area is 109 Å². The van der Waals surface area contributed by atoms with Gasteiger partial charge in [-0.25, -0.2) is 4.39 Å². The maximum Gasteiger partial charge on any atom is 0.123 e. The van der Waals surface area contributed by atoms with E-state index in [9.17, 15) is 4.39 Å². The smallest absolute Gasteiger partial charge is 0.123 e. The molecular formula is C13H13ClFNS. The predicted molar refractivity (Wildman–Crippen MR) is 71.2 cm³/mol. The van der Waals surface area contributed by atoms with E-state index in [2.05, 4.69) is 0 Å². The third-order valence-corrected chi connectivity index (χ3v) is 4.39. The molecule has 1 heterocycles. The standard InChI is InChI=1S/C13H13ClFNS/c1-7-5-9(15)3-4-10(7)12(16)11-6-8(2)13(14)17-11/h3-6,12H,16H2,1-2H3. The van der Waals surface area contributed by atoms with E-state index in [4.69, 9.17) is 17.3 Å². The Hall–Kier alpha value is -0.900. The van der Waals surface area contributed by atoms with E-state index in [1.54, 1.807) is 6.07 Å². The molecule has 2 aromatic rings. The molecule has 0 bridgehead atoms. The van der Waals surface area contributed by atoms with E-state index in [1.165, 1.54) is 23.5 Å². The Balaban J connectivity index is 2.39. The van der Waals surface area contributed by atoms with Crippen molar-refractivity contribution in [3.8, 4) is 0 Å². The zero-order valence-electron chi connectivity index (χ0n) is 9.63. The van der Waals surface area contributed by atoms with Gasteiger partial charge in [-0.05, 0) is 48.7 Å². The van der Waals surface area contributed by atoms with Crippen LogP contribution < -0.4 is 5.73 Å². The van der Waals surface area contributed by atoms with E-state index in [0.717, 1.165) is 25.9 Å². The summed E-state index contributed by atoms with van der Waals surface area (Å²) in [7, 11) is 0. The van der Waals surface area contributed by atoms with Gasteiger partial charge in [0.15, 0.2) is 0 Å². The van der Waals surface area contributed by atoms with Crippen molar-refractivity contribution in [2.45, 2.75) is 19.9 Å². The van der Waals surface area contributed by atoms with Gasteiger partial charge in [0.2, 0.25) is 0 Å². The fourth-order valence-electron chi connectivity index (χ4n) is 1.78. The molecule has 0 amide bonds. The van der Waals surface area contributed by atoms with Gasteiger partial charge in [-0.2, -0.15) is 0 Å². The second kappa shape index (κ2) is 4.77. The monoisotopic (exact) mass is 269 g/mol. The molecule has 1 aromatic heterocycles. The zero-order chi connectivity index (χ0) is 12.6. The Bertz CT molecular complexity index is 531. The minimum absolute atomic E-state index is 0.237. The van der Waals surface area contributed by atoms with Crippen LogP contribution in [0.5, 0.6) is 0 Å². The van der Waals surface area contributed by atoms with Crippen molar-refractivity contribution in [3.05, 3.63) is 56.0 Å². The van der Waals surface area contributed by atoms with Crippen LogP contribution in [0.4, 0.5) is 4.39 Å². The lowest BCUT2D eigenvalue weighted by Gasteiger charge is -2.13. The average Bonchev–Trinajstić information content (AvgIpc) is 2.58. The molecule has 0 saturated heterocycles. The molecule has 17 heavy (non-hydrogen) atoms. The van der Waals surface area contributed by atoms with Crippen LogP contribution in [0.3, 0.4) is 0 Å². The van der Waals surface area contributed by atoms with E-state index in [1.807, 2.05) is 19.9 Å². The first-order valence-electron chi connectivity index (χ1n) is 5.26. The summed E-state index contributed by atoms with van der Waals surface area (Å²) in [6.45, 7) is 3.81. The summed E-state index contributed by atoms with van der Waals surface area (Å²) in [6.07, 6.45) is 0. The van der Waals surface area contributed by atoms with Crippen LogP contribution in [-0.2, 0) is 0 Å².